The molecule has 0 spiro atoms. The molecule has 4 nitrogen and oxygen atoms in total. The van der Waals surface area contributed by atoms with Gasteiger partial charge in [-0.1, -0.05) is 18.2 Å². The van der Waals surface area contributed by atoms with Gasteiger partial charge in [-0.3, -0.25) is 4.79 Å². The first kappa shape index (κ1) is 17.3. The summed E-state index contributed by atoms with van der Waals surface area (Å²) >= 11 is 0. The van der Waals surface area contributed by atoms with Gasteiger partial charge in [0.25, 0.3) is 5.91 Å². The number of halogens is 3. The van der Waals surface area contributed by atoms with Gasteiger partial charge in [-0.2, -0.15) is 13.2 Å². The number of rotatable bonds is 3. The van der Waals surface area contributed by atoms with E-state index >= 15 is 0 Å². The number of amides is 1. The first-order valence-corrected chi connectivity index (χ1v) is 7.85. The number of hydrogen-bond acceptors (Lipinski definition) is 3. The van der Waals surface area contributed by atoms with Crippen LogP contribution in [0.3, 0.4) is 0 Å². The van der Waals surface area contributed by atoms with Crippen LogP contribution in [0, 0.1) is 0 Å². The van der Waals surface area contributed by atoms with Crippen LogP contribution in [-0.2, 0) is 10.9 Å². The van der Waals surface area contributed by atoms with Crippen LogP contribution in [0.2, 0.25) is 0 Å². The molecule has 1 saturated heterocycles. The van der Waals surface area contributed by atoms with Crippen LogP contribution in [0.1, 0.15) is 15.9 Å². The maximum atomic E-state index is 12.8. The third-order valence-corrected chi connectivity index (χ3v) is 3.96. The van der Waals surface area contributed by atoms with Gasteiger partial charge in [-0.25, -0.2) is 0 Å². The quantitative estimate of drug-likeness (QED) is 0.916. The normalized spacial score (nSPS) is 15.1. The number of nitrogens with one attached hydrogen (secondary N) is 1. The Morgan fingerprint density at radius 2 is 1.76 bits per heavy atom. The third-order valence-electron chi connectivity index (χ3n) is 3.96. The summed E-state index contributed by atoms with van der Waals surface area (Å²) in [6, 6.07) is 11.6. The molecular formula is C18H17F3N2O2. The van der Waals surface area contributed by atoms with Crippen molar-refractivity contribution in [1.29, 1.82) is 0 Å². The van der Waals surface area contributed by atoms with Crippen molar-refractivity contribution >= 4 is 17.3 Å². The number of carbonyl (C=O) groups is 1. The molecule has 0 radical (unpaired) electrons. The number of nitrogens with zero attached hydrogens (tertiary/aromatic N) is 1. The van der Waals surface area contributed by atoms with E-state index in [0.29, 0.717) is 32.0 Å². The van der Waals surface area contributed by atoms with E-state index in [0.717, 1.165) is 17.8 Å². The van der Waals surface area contributed by atoms with Crippen molar-refractivity contribution in [2.45, 2.75) is 6.18 Å². The van der Waals surface area contributed by atoms with E-state index < -0.39 is 17.6 Å². The fourth-order valence-electron chi connectivity index (χ4n) is 2.69. The maximum Gasteiger partial charge on any atom is 0.416 e. The van der Waals surface area contributed by atoms with Crippen LogP contribution in [0.15, 0.2) is 48.5 Å². The van der Waals surface area contributed by atoms with Gasteiger partial charge in [0.05, 0.1) is 30.2 Å². The van der Waals surface area contributed by atoms with E-state index in [4.69, 9.17) is 4.74 Å². The second-order valence-electron chi connectivity index (χ2n) is 5.65. The summed E-state index contributed by atoms with van der Waals surface area (Å²) in [4.78, 5) is 14.5. The lowest BCUT2D eigenvalue weighted by Crippen LogP contribution is -2.36. The Morgan fingerprint density at radius 1 is 1.04 bits per heavy atom. The molecular weight excluding hydrogens is 333 g/mol. The molecule has 1 amide bonds. The SMILES string of the molecule is O=C(Nc1ccccc1N1CCOCC1)c1cccc(C(F)(F)F)c1. The summed E-state index contributed by atoms with van der Waals surface area (Å²) in [5.41, 5.74) is 0.506. The highest BCUT2D eigenvalue weighted by molar-refractivity contribution is 6.06. The molecule has 3 rings (SSSR count). The summed E-state index contributed by atoms with van der Waals surface area (Å²) in [5, 5.41) is 2.71. The molecule has 1 aliphatic rings. The van der Waals surface area contributed by atoms with Crippen LogP contribution in [0.25, 0.3) is 0 Å². The van der Waals surface area contributed by atoms with Crippen molar-refractivity contribution in [3.8, 4) is 0 Å². The van der Waals surface area contributed by atoms with Gasteiger partial charge in [0, 0.05) is 18.7 Å². The molecule has 7 heteroatoms. The second kappa shape index (κ2) is 7.14. The first-order chi connectivity index (χ1) is 11.9. The fraction of sp³-hybridized carbons (Fsp3) is 0.278. The van der Waals surface area contributed by atoms with Crippen LogP contribution in [0.4, 0.5) is 24.5 Å². The molecule has 1 heterocycles. The summed E-state index contributed by atoms with van der Waals surface area (Å²) in [6.45, 7) is 2.57. The average Bonchev–Trinajstić information content (AvgIpc) is 2.62. The molecule has 1 N–H and O–H groups in total. The van der Waals surface area contributed by atoms with Crippen molar-refractivity contribution in [3.05, 3.63) is 59.7 Å². The number of alkyl halides is 3. The minimum absolute atomic E-state index is 0.0356. The van der Waals surface area contributed by atoms with Crippen molar-refractivity contribution in [2.24, 2.45) is 0 Å². The lowest BCUT2D eigenvalue weighted by molar-refractivity contribution is -0.137. The molecule has 0 saturated carbocycles. The predicted molar refractivity (Wildman–Crippen MR) is 88.9 cm³/mol. The van der Waals surface area contributed by atoms with Gasteiger partial charge in [-0.15, -0.1) is 0 Å². The molecule has 132 valence electrons. The molecule has 1 aliphatic heterocycles. The van der Waals surface area contributed by atoms with Crippen LogP contribution in [0.5, 0.6) is 0 Å². The van der Waals surface area contributed by atoms with Crippen molar-refractivity contribution < 1.29 is 22.7 Å². The minimum atomic E-state index is -4.48. The van der Waals surface area contributed by atoms with E-state index in [-0.39, 0.29) is 5.56 Å². The number of carbonyl (C=O) groups excluding carboxylic acids is 1. The van der Waals surface area contributed by atoms with Gasteiger partial charge in [0.2, 0.25) is 0 Å². The van der Waals surface area contributed by atoms with E-state index in [1.54, 1.807) is 12.1 Å². The van der Waals surface area contributed by atoms with Gasteiger partial charge in [0.1, 0.15) is 0 Å². The van der Waals surface area contributed by atoms with Crippen molar-refractivity contribution in [1.82, 2.24) is 0 Å². The number of morpholine rings is 1. The summed E-state index contributed by atoms with van der Waals surface area (Å²) in [7, 11) is 0. The lowest BCUT2D eigenvalue weighted by Gasteiger charge is -2.30. The van der Waals surface area contributed by atoms with Crippen LogP contribution in [-0.4, -0.2) is 32.2 Å². The Hall–Kier alpha value is -2.54. The lowest BCUT2D eigenvalue weighted by atomic mass is 10.1. The molecule has 0 bridgehead atoms. The van der Waals surface area contributed by atoms with E-state index in [1.165, 1.54) is 12.1 Å². The van der Waals surface area contributed by atoms with Crippen LogP contribution < -0.4 is 10.2 Å². The Kier molecular flexibility index (Phi) is 4.94. The highest BCUT2D eigenvalue weighted by atomic mass is 19.4. The summed E-state index contributed by atoms with van der Waals surface area (Å²) in [5.74, 6) is -0.577. The molecule has 2 aromatic rings. The van der Waals surface area contributed by atoms with E-state index in [1.807, 2.05) is 12.1 Å². The average molecular weight is 350 g/mol. The molecule has 0 aromatic heterocycles. The predicted octanol–water partition coefficient (Wildman–Crippen LogP) is 3.79. The largest absolute Gasteiger partial charge is 0.416 e. The summed E-state index contributed by atoms with van der Waals surface area (Å²) < 4.78 is 43.8. The van der Waals surface area contributed by atoms with Gasteiger partial charge >= 0.3 is 6.18 Å². The van der Waals surface area contributed by atoms with E-state index in [2.05, 4.69) is 10.2 Å². The molecule has 0 unspecified atom stereocenters. The molecule has 1 fully saturated rings. The first-order valence-electron chi connectivity index (χ1n) is 7.85. The van der Waals surface area contributed by atoms with Gasteiger partial charge in [-0.05, 0) is 30.3 Å². The van der Waals surface area contributed by atoms with Crippen LogP contribution >= 0.6 is 0 Å². The Bertz CT molecular complexity index is 756. The zero-order chi connectivity index (χ0) is 17.9. The number of para-hydroxylation sites is 2. The Morgan fingerprint density at radius 3 is 2.48 bits per heavy atom. The van der Waals surface area contributed by atoms with Gasteiger partial charge in [0.15, 0.2) is 0 Å². The minimum Gasteiger partial charge on any atom is -0.378 e. The second-order valence-corrected chi connectivity index (χ2v) is 5.65. The third kappa shape index (κ3) is 4.11. The monoisotopic (exact) mass is 350 g/mol. The zero-order valence-electron chi connectivity index (χ0n) is 13.3. The molecule has 0 atom stereocenters. The molecule has 0 aliphatic carbocycles. The van der Waals surface area contributed by atoms with E-state index in [9.17, 15) is 18.0 Å². The standard InChI is InChI=1S/C18H17F3N2O2/c19-18(20,21)14-5-3-4-13(12-14)17(24)22-15-6-1-2-7-16(15)23-8-10-25-11-9-23/h1-7,12H,8-11H2,(H,22,24). The highest BCUT2D eigenvalue weighted by Gasteiger charge is 2.31. The molecule has 2 aromatic carbocycles. The number of anilines is 2. The Balaban J connectivity index is 1.82. The molecule has 25 heavy (non-hydrogen) atoms. The zero-order valence-corrected chi connectivity index (χ0v) is 13.3. The maximum absolute atomic E-state index is 12.8. The number of hydrogen-bond donors (Lipinski definition) is 1. The highest BCUT2D eigenvalue weighted by Crippen LogP contribution is 2.30. The fourth-order valence-corrected chi connectivity index (χ4v) is 2.69. The van der Waals surface area contributed by atoms with Crippen molar-refractivity contribution in [2.75, 3.05) is 36.5 Å². The van der Waals surface area contributed by atoms with Gasteiger partial charge < -0.3 is 15.0 Å². The van der Waals surface area contributed by atoms with Crippen molar-refractivity contribution in [3.63, 3.8) is 0 Å². The summed E-state index contributed by atoms with van der Waals surface area (Å²) in [6.07, 6.45) is -4.48. The number of benzene rings is 2. The number of ether oxygens (including phenoxy) is 1. The Labute approximate surface area is 143 Å². The topological polar surface area (TPSA) is 41.6 Å². The smallest absolute Gasteiger partial charge is 0.378 e.